The molecule has 0 amide bonds. The van der Waals surface area contributed by atoms with Crippen LogP contribution >= 0.6 is 0 Å². The Morgan fingerprint density at radius 1 is 1.06 bits per heavy atom. The Labute approximate surface area is 94.3 Å². The van der Waals surface area contributed by atoms with Gasteiger partial charge in [-0.05, 0) is 14.0 Å². The fourth-order valence-corrected chi connectivity index (χ4v) is 1.63. The van der Waals surface area contributed by atoms with Crippen molar-refractivity contribution in [2.75, 3.05) is 19.4 Å². The zero-order valence-electron chi connectivity index (χ0n) is 9.65. The topological polar surface area (TPSA) is 62.7 Å². The van der Waals surface area contributed by atoms with Gasteiger partial charge in [-0.2, -0.15) is 0 Å². The molecule has 0 saturated carbocycles. The van der Waals surface area contributed by atoms with E-state index in [2.05, 4.69) is 32.5 Å². The van der Waals surface area contributed by atoms with Crippen molar-refractivity contribution >= 4 is 16.9 Å². The van der Waals surface area contributed by atoms with Crippen LogP contribution in [-0.4, -0.2) is 29.0 Å². The molecule has 0 saturated heterocycles. The zero-order chi connectivity index (χ0) is 11.5. The maximum atomic E-state index is 4.38. The molecule has 2 rings (SSSR count). The van der Waals surface area contributed by atoms with Gasteiger partial charge in [0.15, 0.2) is 5.82 Å². The predicted molar refractivity (Wildman–Crippen MR) is 64.4 cm³/mol. The Morgan fingerprint density at radius 2 is 1.75 bits per heavy atom. The molecule has 0 aliphatic carbocycles. The molecule has 0 aliphatic rings. The number of nitrogens with one attached hydrogen (secondary N) is 2. The van der Waals surface area contributed by atoms with Crippen molar-refractivity contribution in [2.45, 2.75) is 13.0 Å². The van der Waals surface area contributed by atoms with Crippen molar-refractivity contribution in [2.24, 2.45) is 0 Å². The van der Waals surface area contributed by atoms with Crippen LogP contribution in [0.2, 0.25) is 0 Å². The van der Waals surface area contributed by atoms with Crippen molar-refractivity contribution in [3.63, 3.8) is 0 Å². The van der Waals surface area contributed by atoms with Crippen molar-refractivity contribution in [1.29, 1.82) is 0 Å². The Morgan fingerprint density at radius 3 is 2.38 bits per heavy atom. The van der Waals surface area contributed by atoms with E-state index in [1.165, 1.54) is 0 Å². The molecule has 5 nitrogen and oxygen atoms in total. The molecule has 0 aromatic carbocycles. The summed E-state index contributed by atoms with van der Waals surface area (Å²) >= 11 is 0. The minimum Gasteiger partial charge on any atom is -0.371 e. The molecule has 0 aliphatic heterocycles. The molecular weight excluding hydrogens is 202 g/mol. The van der Waals surface area contributed by atoms with Gasteiger partial charge >= 0.3 is 0 Å². The maximum absolute atomic E-state index is 4.38. The monoisotopic (exact) mass is 217 g/mol. The van der Waals surface area contributed by atoms with Crippen LogP contribution in [0.3, 0.4) is 0 Å². The number of anilines is 1. The van der Waals surface area contributed by atoms with Gasteiger partial charge in [-0.1, -0.05) is 0 Å². The fraction of sp³-hybridized carbons (Fsp3) is 0.364. The zero-order valence-corrected chi connectivity index (χ0v) is 9.65. The highest BCUT2D eigenvalue weighted by Crippen LogP contribution is 2.24. The lowest BCUT2D eigenvalue weighted by Crippen LogP contribution is -2.14. The largest absolute Gasteiger partial charge is 0.371 e. The van der Waals surface area contributed by atoms with Crippen molar-refractivity contribution in [1.82, 2.24) is 20.3 Å². The number of pyridine rings is 1. The summed E-state index contributed by atoms with van der Waals surface area (Å²) in [6.45, 7) is 2.07. The quantitative estimate of drug-likeness (QED) is 0.812. The fourth-order valence-electron chi connectivity index (χ4n) is 1.63. The summed E-state index contributed by atoms with van der Waals surface area (Å²) in [5, 5.41) is 6.20. The summed E-state index contributed by atoms with van der Waals surface area (Å²) in [6.07, 6.45) is 5.22. The highest BCUT2D eigenvalue weighted by Gasteiger charge is 2.12. The first-order valence-corrected chi connectivity index (χ1v) is 5.22. The number of hydrogen-bond donors (Lipinski definition) is 2. The molecule has 0 radical (unpaired) electrons. The summed E-state index contributed by atoms with van der Waals surface area (Å²) in [6, 6.07) is 0.206. The van der Waals surface area contributed by atoms with Crippen molar-refractivity contribution in [3.05, 3.63) is 24.2 Å². The lowest BCUT2D eigenvalue weighted by Gasteiger charge is -2.13. The van der Waals surface area contributed by atoms with Gasteiger partial charge in [0, 0.05) is 37.2 Å². The molecule has 5 heteroatoms. The van der Waals surface area contributed by atoms with Gasteiger partial charge < -0.3 is 10.6 Å². The minimum atomic E-state index is 0.206. The van der Waals surface area contributed by atoms with Crippen LogP contribution in [0, 0.1) is 0 Å². The number of rotatable bonds is 3. The van der Waals surface area contributed by atoms with E-state index in [4.69, 9.17) is 0 Å². The van der Waals surface area contributed by atoms with Crippen molar-refractivity contribution < 1.29 is 0 Å². The van der Waals surface area contributed by atoms with E-state index < -0.39 is 0 Å². The summed E-state index contributed by atoms with van der Waals surface area (Å²) < 4.78 is 0. The van der Waals surface area contributed by atoms with E-state index in [0.29, 0.717) is 0 Å². The first kappa shape index (κ1) is 10.8. The van der Waals surface area contributed by atoms with E-state index in [1.807, 2.05) is 20.3 Å². The lowest BCUT2D eigenvalue weighted by molar-refractivity contribution is 0.653. The van der Waals surface area contributed by atoms with Crippen molar-refractivity contribution in [3.8, 4) is 0 Å². The number of aromatic nitrogens is 3. The Hall–Kier alpha value is -1.75. The molecule has 16 heavy (non-hydrogen) atoms. The summed E-state index contributed by atoms with van der Waals surface area (Å²) in [7, 11) is 3.75. The maximum Gasteiger partial charge on any atom is 0.153 e. The molecule has 0 spiro atoms. The standard InChI is InChI=1S/C11H15N5/c1-7(12-2)8-6-16-11(13-3)10-9(8)14-4-5-15-10/h4-7,12H,1-3H3,(H,13,16). The van der Waals surface area contributed by atoms with Gasteiger partial charge in [0.25, 0.3) is 0 Å². The van der Waals surface area contributed by atoms with Gasteiger partial charge in [0.05, 0.1) is 5.52 Å². The molecule has 84 valence electrons. The highest BCUT2D eigenvalue weighted by atomic mass is 15.0. The molecular formula is C11H15N5. The van der Waals surface area contributed by atoms with Gasteiger partial charge in [-0.3, -0.25) is 4.98 Å². The SMILES string of the molecule is CNc1ncc(C(C)NC)c2nccnc12. The van der Waals surface area contributed by atoms with E-state index in [-0.39, 0.29) is 6.04 Å². The summed E-state index contributed by atoms with van der Waals surface area (Å²) in [5.41, 5.74) is 2.76. The van der Waals surface area contributed by atoms with E-state index in [9.17, 15) is 0 Å². The molecule has 1 atom stereocenters. The lowest BCUT2D eigenvalue weighted by atomic mass is 10.1. The van der Waals surface area contributed by atoms with Gasteiger partial charge in [0.1, 0.15) is 5.52 Å². The second-order valence-corrected chi connectivity index (χ2v) is 3.58. The van der Waals surface area contributed by atoms with Crippen LogP contribution in [-0.2, 0) is 0 Å². The normalized spacial score (nSPS) is 12.7. The van der Waals surface area contributed by atoms with E-state index in [1.54, 1.807) is 12.4 Å². The molecule has 2 aromatic rings. The van der Waals surface area contributed by atoms with Crippen LogP contribution < -0.4 is 10.6 Å². The van der Waals surface area contributed by atoms with Gasteiger partial charge in [-0.15, -0.1) is 0 Å². The first-order chi connectivity index (χ1) is 7.77. The van der Waals surface area contributed by atoms with Crippen LogP contribution in [0.15, 0.2) is 18.6 Å². The van der Waals surface area contributed by atoms with Gasteiger partial charge in [-0.25, -0.2) is 9.97 Å². The minimum absolute atomic E-state index is 0.206. The second-order valence-electron chi connectivity index (χ2n) is 3.58. The van der Waals surface area contributed by atoms with E-state index in [0.717, 1.165) is 22.4 Å². The highest BCUT2D eigenvalue weighted by molar-refractivity contribution is 5.87. The summed E-state index contributed by atoms with van der Waals surface area (Å²) in [5.74, 6) is 0.759. The number of nitrogens with zero attached hydrogens (tertiary/aromatic N) is 3. The van der Waals surface area contributed by atoms with Crippen LogP contribution in [0.25, 0.3) is 11.0 Å². The molecule has 0 bridgehead atoms. The Bertz CT molecular complexity index is 497. The number of hydrogen-bond acceptors (Lipinski definition) is 5. The molecule has 2 N–H and O–H groups in total. The Balaban J connectivity index is 2.69. The second kappa shape index (κ2) is 4.40. The molecule has 1 unspecified atom stereocenters. The third kappa shape index (κ3) is 1.69. The number of fused-ring (bicyclic) bond motifs is 1. The third-order valence-electron chi connectivity index (χ3n) is 2.67. The van der Waals surface area contributed by atoms with Crippen LogP contribution in [0.1, 0.15) is 18.5 Å². The molecule has 2 heterocycles. The van der Waals surface area contributed by atoms with Crippen LogP contribution in [0.5, 0.6) is 0 Å². The van der Waals surface area contributed by atoms with Gasteiger partial charge in [0.2, 0.25) is 0 Å². The predicted octanol–water partition coefficient (Wildman–Crippen LogP) is 1.35. The summed E-state index contributed by atoms with van der Waals surface area (Å²) in [4.78, 5) is 13.0. The first-order valence-electron chi connectivity index (χ1n) is 5.22. The average Bonchev–Trinajstić information content (AvgIpc) is 2.36. The third-order valence-corrected chi connectivity index (χ3v) is 2.67. The molecule has 0 fully saturated rings. The van der Waals surface area contributed by atoms with E-state index >= 15 is 0 Å². The molecule has 2 aromatic heterocycles. The average molecular weight is 217 g/mol. The smallest absolute Gasteiger partial charge is 0.153 e. The van der Waals surface area contributed by atoms with Crippen LogP contribution in [0.4, 0.5) is 5.82 Å². The Kier molecular flexibility index (Phi) is 2.96.